The van der Waals surface area contributed by atoms with E-state index in [0.717, 1.165) is 42.7 Å². The maximum atomic E-state index is 11.8. The molecule has 0 unspecified atom stereocenters. The molecule has 7 heteroatoms. The van der Waals surface area contributed by atoms with Crippen LogP contribution in [0.4, 0.5) is 10.5 Å². The number of anilines is 1. The number of carboxylic acid groups (broad SMARTS) is 1. The number of piperidine rings is 1. The molecule has 118 valence electrons. The van der Waals surface area contributed by atoms with Gasteiger partial charge in [-0.1, -0.05) is 6.07 Å². The summed E-state index contributed by atoms with van der Waals surface area (Å²) in [4.78, 5) is 27.5. The van der Waals surface area contributed by atoms with Crippen LogP contribution in [0.5, 0.6) is 0 Å². The van der Waals surface area contributed by atoms with E-state index in [1.807, 2.05) is 18.2 Å². The van der Waals surface area contributed by atoms with Crippen LogP contribution in [0.2, 0.25) is 0 Å². The van der Waals surface area contributed by atoms with Crippen LogP contribution in [0.3, 0.4) is 0 Å². The first-order valence-corrected chi connectivity index (χ1v) is 7.45. The number of nitrogens with one attached hydrogen (secondary N) is 2. The van der Waals surface area contributed by atoms with E-state index in [1.165, 1.54) is 0 Å². The van der Waals surface area contributed by atoms with Gasteiger partial charge in [-0.2, -0.15) is 0 Å². The summed E-state index contributed by atoms with van der Waals surface area (Å²) in [5, 5.41) is 11.1. The molecule has 1 aromatic carbocycles. The van der Waals surface area contributed by atoms with E-state index in [1.54, 1.807) is 11.6 Å². The Morgan fingerprint density at radius 3 is 2.82 bits per heavy atom. The molecule has 1 saturated heterocycles. The Morgan fingerprint density at radius 1 is 1.41 bits per heavy atom. The lowest BCUT2D eigenvalue weighted by Crippen LogP contribution is -2.38. The van der Waals surface area contributed by atoms with E-state index >= 15 is 0 Å². The molecule has 3 rings (SSSR count). The predicted molar refractivity (Wildman–Crippen MR) is 84.5 cm³/mol. The maximum absolute atomic E-state index is 11.8. The summed E-state index contributed by atoms with van der Waals surface area (Å²) in [7, 11) is 1.77. The molecule has 0 radical (unpaired) electrons. The Bertz CT molecular complexity index is 741. The van der Waals surface area contributed by atoms with Gasteiger partial charge in [-0.3, -0.25) is 4.57 Å². The van der Waals surface area contributed by atoms with Gasteiger partial charge in [0.15, 0.2) is 0 Å². The van der Waals surface area contributed by atoms with Crippen molar-refractivity contribution in [1.29, 1.82) is 0 Å². The number of hydrogen-bond donors (Lipinski definition) is 3. The van der Waals surface area contributed by atoms with Crippen molar-refractivity contribution in [3.05, 3.63) is 28.7 Å². The molecule has 1 aliphatic rings. The molecule has 3 N–H and O–H groups in total. The quantitative estimate of drug-likeness (QED) is 0.798. The van der Waals surface area contributed by atoms with Gasteiger partial charge in [0.2, 0.25) is 0 Å². The fraction of sp³-hybridized carbons (Fsp3) is 0.467. The Morgan fingerprint density at radius 2 is 2.14 bits per heavy atom. The molecule has 7 nitrogen and oxygen atoms in total. The fourth-order valence-corrected chi connectivity index (χ4v) is 3.15. The number of nitrogens with zero attached hydrogens (tertiary/aromatic N) is 2. The third-order valence-corrected chi connectivity index (χ3v) is 4.39. The highest BCUT2D eigenvalue weighted by Gasteiger charge is 2.22. The molecule has 0 atom stereocenters. The number of aromatic nitrogens is 2. The van der Waals surface area contributed by atoms with Gasteiger partial charge < -0.3 is 20.3 Å². The first-order valence-electron chi connectivity index (χ1n) is 7.45. The zero-order valence-corrected chi connectivity index (χ0v) is 12.5. The minimum Gasteiger partial charge on any atom is -0.465 e. The van der Waals surface area contributed by atoms with Crippen LogP contribution in [0.15, 0.2) is 23.0 Å². The van der Waals surface area contributed by atoms with Crippen molar-refractivity contribution in [3.63, 3.8) is 0 Å². The van der Waals surface area contributed by atoms with Crippen molar-refractivity contribution >= 4 is 22.8 Å². The third-order valence-electron chi connectivity index (χ3n) is 4.39. The minimum absolute atomic E-state index is 0.108. The van der Waals surface area contributed by atoms with Gasteiger partial charge in [-0.15, -0.1) is 0 Å². The van der Waals surface area contributed by atoms with Crippen LogP contribution < -0.4 is 15.9 Å². The molecule has 1 aromatic heterocycles. The molecular formula is C15H20N4O3. The SMILES string of the molecule is Cn1c(=O)[nH]c2cccc(N3CCC(CNC(=O)O)CC3)c21. The summed E-state index contributed by atoms with van der Waals surface area (Å²) >= 11 is 0. The molecule has 0 aliphatic carbocycles. The molecule has 1 amide bonds. The monoisotopic (exact) mass is 304 g/mol. The minimum atomic E-state index is -0.963. The number of rotatable bonds is 3. The number of H-pyrrole nitrogens is 1. The number of carbonyl (C=O) groups is 1. The molecule has 0 bridgehead atoms. The average molecular weight is 304 g/mol. The highest BCUT2D eigenvalue weighted by molar-refractivity contribution is 5.89. The molecular weight excluding hydrogens is 284 g/mol. The van der Waals surface area contributed by atoms with Gasteiger partial charge in [0.1, 0.15) is 0 Å². The summed E-state index contributed by atoms with van der Waals surface area (Å²) in [6.45, 7) is 2.24. The van der Waals surface area contributed by atoms with Crippen molar-refractivity contribution in [2.24, 2.45) is 13.0 Å². The van der Waals surface area contributed by atoms with Crippen molar-refractivity contribution in [2.45, 2.75) is 12.8 Å². The Hall–Kier alpha value is -2.44. The zero-order valence-electron chi connectivity index (χ0n) is 12.5. The number of para-hydroxylation sites is 1. The smallest absolute Gasteiger partial charge is 0.404 e. The van der Waals surface area contributed by atoms with Crippen LogP contribution in [0.1, 0.15) is 12.8 Å². The largest absolute Gasteiger partial charge is 0.465 e. The summed E-state index contributed by atoms with van der Waals surface area (Å²) in [6.07, 6.45) is 0.916. The van der Waals surface area contributed by atoms with E-state index in [9.17, 15) is 9.59 Å². The lowest BCUT2D eigenvalue weighted by molar-refractivity contribution is 0.191. The number of aromatic amines is 1. The second-order valence-electron chi connectivity index (χ2n) is 5.78. The van der Waals surface area contributed by atoms with Crippen molar-refractivity contribution in [3.8, 4) is 0 Å². The van der Waals surface area contributed by atoms with Crippen LogP contribution in [-0.2, 0) is 7.05 Å². The molecule has 1 fully saturated rings. The van der Waals surface area contributed by atoms with Crippen molar-refractivity contribution < 1.29 is 9.90 Å². The van der Waals surface area contributed by atoms with Gasteiger partial charge in [0.05, 0.1) is 16.7 Å². The Labute approximate surface area is 127 Å². The normalized spacial score (nSPS) is 16.1. The summed E-state index contributed by atoms with van der Waals surface area (Å²) in [5.74, 6) is 0.376. The highest BCUT2D eigenvalue weighted by Crippen LogP contribution is 2.28. The van der Waals surface area contributed by atoms with Crippen LogP contribution in [0, 0.1) is 5.92 Å². The lowest BCUT2D eigenvalue weighted by Gasteiger charge is -2.34. The Kier molecular flexibility index (Phi) is 3.79. The zero-order chi connectivity index (χ0) is 15.7. The van der Waals surface area contributed by atoms with Crippen LogP contribution in [-0.4, -0.2) is 40.4 Å². The number of fused-ring (bicyclic) bond motifs is 1. The van der Waals surface area contributed by atoms with E-state index in [2.05, 4.69) is 15.2 Å². The number of amides is 1. The average Bonchev–Trinajstić information content (AvgIpc) is 2.81. The first kappa shape index (κ1) is 14.5. The molecule has 0 spiro atoms. The third kappa shape index (κ3) is 2.66. The van der Waals surface area contributed by atoms with E-state index < -0.39 is 6.09 Å². The van der Waals surface area contributed by atoms with Gasteiger partial charge >= 0.3 is 11.8 Å². The highest BCUT2D eigenvalue weighted by atomic mass is 16.4. The van der Waals surface area contributed by atoms with Gasteiger partial charge in [0.25, 0.3) is 0 Å². The first-order chi connectivity index (χ1) is 10.6. The number of aryl methyl sites for hydroxylation is 1. The summed E-state index contributed by atoms with van der Waals surface area (Å²) in [6, 6.07) is 5.89. The maximum Gasteiger partial charge on any atom is 0.404 e. The lowest BCUT2D eigenvalue weighted by atomic mass is 9.96. The predicted octanol–water partition coefficient (Wildman–Crippen LogP) is 1.35. The fourth-order valence-electron chi connectivity index (χ4n) is 3.15. The second kappa shape index (κ2) is 5.75. The van der Waals surface area contributed by atoms with Crippen molar-refractivity contribution in [2.75, 3.05) is 24.5 Å². The van der Waals surface area contributed by atoms with Crippen molar-refractivity contribution in [1.82, 2.24) is 14.9 Å². The molecule has 22 heavy (non-hydrogen) atoms. The number of imidazole rings is 1. The Balaban J connectivity index is 1.77. The van der Waals surface area contributed by atoms with Crippen LogP contribution in [0.25, 0.3) is 11.0 Å². The molecule has 1 aliphatic heterocycles. The van der Waals surface area contributed by atoms with Gasteiger partial charge in [-0.05, 0) is 30.9 Å². The molecule has 2 heterocycles. The molecule has 2 aromatic rings. The second-order valence-corrected chi connectivity index (χ2v) is 5.78. The van der Waals surface area contributed by atoms with Gasteiger partial charge in [0, 0.05) is 26.7 Å². The van der Waals surface area contributed by atoms with E-state index in [-0.39, 0.29) is 5.69 Å². The topological polar surface area (TPSA) is 90.4 Å². The van der Waals surface area contributed by atoms with Gasteiger partial charge in [-0.25, -0.2) is 9.59 Å². The molecule has 0 saturated carbocycles. The van der Waals surface area contributed by atoms with Crippen LogP contribution >= 0.6 is 0 Å². The summed E-state index contributed by atoms with van der Waals surface area (Å²) < 4.78 is 1.64. The number of benzene rings is 1. The van der Waals surface area contributed by atoms with E-state index in [0.29, 0.717) is 12.5 Å². The number of hydrogen-bond acceptors (Lipinski definition) is 3. The summed E-state index contributed by atoms with van der Waals surface area (Å²) in [5.41, 5.74) is 2.72. The van der Waals surface area contributed by atoms with E-state index in [4.69, 9.17) is 5.11 Å². The standard InChI is InChI=1S/C15H20N4O3/c1-18-13-11(17-14(18)20)3-2-4-12(13)19-7-5-10(6-8-19)9-16-15(21)22/h2-4,10,16H,5-9H2,1H3,(H,17,20)(H,21,22).